The number of fused-ring (bicyclic) bond motifs is 1. The first-order valence-electron chi connectivity index (χ1n) is 7.76. The molecule has 0 aliphatic carbocycles. The van der Waals surface area contributed by atoms with Gasteiger partial charge in [0.05, 0.1) is 15.7 Å². The number of rotatable bonds is 6. The summed E-state index contributed by atoms with van der Waals surface area (Å²) >= 11 is 12.9. The second-order valence-electron chi connectivity index (χ2n) is 5.56. The maximum Gasteiger partial charge on any atom is 0.307 e. The number of nitrogens with two attached hydrogens (primary N) is 1. The lowest BCUT2D eigenvalue weighted by atomic mass is 10.2. The molecule has 10 heteroatoms. The van der Waals surface area contributed by atoms with E-state index in [1.165, 1.54) is 6.21 Å². The Hall–Kier alpha value is -2.36. The van der Waals surface area contributed by atoms with Gasteiger partial charge in [-0.05, 0) is 57.9 Å². The molecule has 3 N–H and O–H groups in total. The molecule has 144 valence electrons. The fourth-order valence-corrected chi connectivity index (χ4v) is 3.85. The number of carbonyl (C=O) groups is 2. The van der Waals surface area contributed by atoms with Crippen molar-refractivity contribution in [1.82, 2.24) is 5.43 Å². The molecule has 0 aliphatic heterocycles. The zero-order valence-electron chi connectivity index (χ0n) is 14.0. The van der Waals surface area contributed by atoms with Crippen LogP contribution < -0.4 is 15.9 Å². The van der Waals surface area contributed by atoms with E-state index in [2.05, 4.69) is 42.4 Å². The summed E-state index contributed by atoms with van der Waals surface area (Å²) in [6.07, 6.45) is 1.41. The zero-order chi connectivity index (χ0) is 20.3. The molecular formula is C18H12Br2ClN3O4. The van der Waals surface area contributed by atoms with Gasteiger partial charge in [0.15, 0.2) is 12.4 Å². The van der Waals surface area contributed by atoms with Crippen molar-refractivity contribution >= 4 is 72.5 Å². The van der Waals surface area contributed by atoms with Gasteiger partial charge in [-0.15, -0.1) is 0 Å². The number of amides is 2. The highest BCUT2D eigenvalue weighted by atomic mass is 79.9. The van der Waals surface area contributed by atoms with Crippen molar-refractivity contribution in [3.8, 4) is 5.75 Å². The molecule has 1 heterocycles. The third-order valence-corrected chi connectivity index (χ3v) is 4.81. The molecule has 0 spiro atoms. The molecule has 0 fully saturated rings. The predicted octanol–water partition coefficient (Wildman–Crippen LogP) is 4.24. The summed E-state index contributed by atoms with van der Waals surface area (Å²) in [5.74, 6) is -0.655. The smallest absolute Gasteiger partial charge is 0.307 e. The lowest BCUT2D eigenvalue weighted by molar-refractivity contribution is -0.119. The van der Waals surface area contributed by atoms with Gasteiger partial charge >= 0.3 is 5.91 Å². The Kier molecular flexibility index (Phi) is 6.38. The molecule has 0 saturated carbocycles. The quantitative estimate of drug-likeness (QED) is 0.368. The van der Waals surface area contributed by atoms with Crippen LogP contribution in [-0.2, 0) is 4.79 Å². The summed E-state index contributed by atoms with van der Waals surface area (Å²) in [7, 11) is 0. The highest BCUT2D eigenvalue weighted by Crippen LogP contribution is 2.31. The molecule has 0 unspecified atom stereocenters. The number of furan rings is 1. The third kappa shape index (κ3) is 4.92. The van der Waals surface area contributed by atoms with Gasteiger partial charge in [-0.2, -0.15) is 5.10 Å². The van der Waals surface area contributed by atoms with Gasteiger partial charge in [0.1, 0.15) is 11.3 Å². The van der Waals surface area contributed by atoms with E-state index in [1.807, 2.05) is 12.1 Å². The minimum Gasteiger partial charge on any atom is -0.482 e. The van der Waals surface area contributed by atoms with Crippen LogP contribution in [0, 0.1) is 0 Å². The van der Waals surface area contributed by atoms with Crippen molar-refractivity contribution in [2.75, 3.05) is 6.61 Å². The molecule has 7 nitrogen and oxygen atoms in total. The highest BCUT2D eigenvalue weighted by Gasteiger charge is 2.14. The molecule has 0 radical (unpaired) electrons. The highest BCUT2D eigenvalue weighted by molar-refractivity contribution is 9.11. The van der Waals surface area contributed by atoms with Crippen LogP contribution in [0.5, 0.6) is 5.75 Å². The van der Waals surface area contributed by atoms with Crippen molar-refractivity contribution in [3.63, 3.8) is 0 Å². The average Bonchev–Trinajstić information content (AvgIpc) is 3.05. The molecule has 0 saturated heterocycles. The van der Waals surface area contributed by atoms with Crippen molar-refractivity contribution < 1.29 is 18.7 Å². The molecule has 2 amide bonds. The molecular weight excluding hydrogens is 517 g/mol. The van der Waals surface area contributed by atoms with Gasteiger partial charge in [0.2, 0.25) is 0 Å². The maximum atomic E-state index is 12.2. The number of ether oxygens (including phenoxy) is 1. The van der Waals surface area contributed by atoms with E-state index in [9.17, 15) is 9.59 Å². The number of hydrogen-bond acceptors (Lipinski definition) is 5. The second kappa shape index (κ2) is 8.76. The van der Waals surface area contributed by atoms with Gasteiger partial charge in [0.25, 0.3) is 5.91 Å². The predicted molar refractivity (Wildman–Crippen MR) is 113 cm³/mol. The van der Waals surface area contributed by atoms with Crippen LogP contribution >= 0.6 is 43.5 Å². The largest absolute Gasteiger partial charge is 0.482 e. The van der Waals surface area contributed by atoms with Gasteiger partial charge in [-0.1, -0.05) is 27.5 Å². The van der Waals surface area contributed by atoms with E-state index in [0.29, 0.717) is 16.9 Å². The number of nitrogens with one attached hydrogen (secondary N) is 1. The standard InChI is InChI=1S/C18H12Br2ClN3O4/c19-11-4-10-5-15(28-17(10)12(20)6-11)18(26)24-23-7-9-1-2-14(13(21)3-9)27-8-16(22)25/h1-7H,8H2,(H2,22,25)(H,24,26). The van der Waals surface area contributed by atoms with Crippen LogP contribution in [0.1, 0.15) is 16.1 Å². The molecule has 0 bridgehead atoms. The normalized spacial score (nSPS) is 11.1. The minimum absolute atomic E-state index is 0.124. The topological polar surface area (TPSA) is 107 Å². The van der Waals surface area contributed by atoms with E-state index in [-0.39, 0.29) is 17.4 Å². The summed E-state index contributed by atoms with van der Waals surface area (Å²) in [6, 6.07) is 10.1. The fourth-order valence-electron chi connectivity index (χ4n) is 2.27. The van der Waals surface area contributed by atoms with Gasteiger partial charge in [-0.3, -0.25) is 9.59 Å². The number of nitrogens with zero attached hydrogens (tertiary/aromatic N) is 1. The number of benzene rings is 2. The van der Waals surface area contributed by atoms with E-state index >= 15 is 0 Å². The lowest BCUT2D eigenvalue weighted by Gasteiger charge is -2.06. The van der Waals surface area contributed by atoms with Gasteiger partial charge in [0, 0.05) is 9.86 Å². The summed E-state index contributed by atoms with van der Waals surface area (Å²) in [4.78, 5) is 23.0. The fraction of sp³-hybridized carbons (Fsp3) is 0.0556. The Labute approximate surface area is 181 Å². The Bertz CT molecular complexity index is 1100. The van der Waals surface area contributed by atoms with Gasteiger partial charge in [-0.25, -0.2) is 5.43 Å². The number of halogens is 3. The average molecular weight is 530 g/mol. The molecule has 28 heavy (non-hydrogen) atoms. The number of primary amides is 1. The van der Waals surface area contributed by atoms with Gasteiger partial charge < -0.3 is 14.9 Å². The van der Waals surface area contributed by atoms with Crippen molar-refractivity contribution in [2.45, 2.75) is 0 Å². The zero-order valence-corrected chi connectivity index (χ0v) is 18.0. The van der Waals surface area contributed by atoms with Crippen LogP contribution in [0.3, 0.4) is 0 Å². The summed E-state index contributed by atoms with van der Waals surface area (Å²) in [6.45, 7) is -0.270. The van der Waals surface area contributed by atoms with E-state index < -0.39 is 11.8 Å². The number of carbonyl (C=O) groups excluding carboxylic acids is 2. The molecule has 2 aromatic carbocycles. The Morgan fingerprint density at radius 2 is 2.04 bits per heavy atom. The monoisotopic (exact) mass is 527 g/mol. The third-order valence-electron chi connectivity index (χ3n) is 3.47. The summed E-state index contributed by atoms with van der Waals surface area (Å²) in [5, 5.41) is 4.95. The van der Waals surface area contributed by atoms with Crippen molar-refractivity contribution in [2.24, 2.45) is 10.8 Å². The van der Waals surface area contributed by atoms with Crippen LogP contribution in [-0.4, -0.2) is 24.6 Å². The number of hydrogen-bond donors (Lipinski definition) is 2. The van der Waals surface area contributed by atoms with Crippen LogP contribution in [0.2, 0.25) is 5.02 Å². The Morgan fingerprint density at radius 3 is 2.75 bits per heavy atom. The number of hydrazone groups is 1. The summed E-state index contributed by atoms with van der Waals surface area (Å²) < 4.78 is 12.3. The van der Waals surface area contributed by atoms with E-state index in [0.717, 1.165) is 14.3 Å². The van der Waals surface area contributed by atoms with E-state index in [4.69, 9.17) is 26.5 Å². The first-order valence-corrected chi connectivity index (χ1v) is 9.72. The summed E-state index contributed by atoms with van der Waals surface area (Å²) in [5.41, 5.74) is 8.60. The first-order chi connectivity index (χ1) is 13.3. The molecule has 0 atom stereocenters. The van der Waals surface area contributed by atoms with E-state index in [1.54, 1.807) is 24.3 Å². The second-order valence-corrected chi connectivity index (χ2v) is 7.74. The molecule has 3 rings (SSSR count). The first kappa shape index (κ1) is 20.4. The minimum atomic E-state index is -0.602. The van der Waals surface area contributed by atoms with Crippen molar-refractivity contribution in [1.29, 1.82) is 0 Å². The van der Waals surface area contributed by atoms with Crippen LogP contribution in [0.4, 0.5) is 0 Å². The SMILES string of the molecule is NC(=O)COc1ccc(C=NNC(=O)c2cc3cc(Br)cc(Br)c3o2)cc1Cl. The van der Waals surface area contributed by atoms with Crippen molar-refractivity contribution in [3.05, 3.63) is 61.7 Å². The Balaban J connectivity index is 1.67. The molecule has 3 aromatic rings. The molecule has 0 aliphatic rings. The lowest BCUT2D eigenvalue weighted by Crippen LogP contribution is -2.20. The maximum absolute atomic E-state index is 12.2. The van der Waals surface area contributed by atoms with Crippen LogP contribution in [0.15, 0.2) is 54.9 Å². The Morgan fingerprint density at radius 1 is 1.25 bits per heavy atom. The molecule has 1 aromatic heterocycles. The van der Waals surface area contributed by atoms with Crippen LogP contribution in [0.25, 0.3) is 11.0 Å².